The van der Waals surface area contributed by atoms with Crippen LogP contribution in [0.3, 0.4) is 0 Å². The third kappa shape index (κ3) is 1.77. The second kappa shape index (κ2) is 4.12. The van der Waals surface area contributed by atoms with Crippen LogP contribution < -0.4 is 0 Å². The number of hydrogen-bond acceptors (Lipinski definition) is 2. The van der Waals surface area contributed by atoms with Gasteiger partial charge in [0.25, 0.3) is 0 Å². The molecule has 2 nitrogen and oxygen atoms in total. The Labute approximate surface area is 106 Å². The topological polar surface area (TPSA) is 47.6 Å². The van der Waals surface area contributed by atoms with Gasteiger partial charge in [-0.15, -0.1) is 0 Å². The summed E-state index contributed by atoms with van der Waals surface area (Å²) in [4.78, 5) is 0.239. The van der Waals surface area contributed by atoms with E-state index in [9.17, 15) is 0 Å². The number of alkyl halides is 2. The molecule has 2 bridgehead atoms. The lowest BCUT2D eigenvalue weighted by Gasteiger charge is -2.36. The Morgan fingerprint density at radius 1 is 1.00 bits per heavy atom. The van der Waals surface area contributed by atoms with Crippen LogP contribution in [0, 0.1) is 34.5 Å². The van der Waals surface area contributed by atoms with Crippen molar-refractivity contribution >= 4 is 31.9 Å². The second-order valence-corrected chi connectivity index (χ2v) is 5.92. The van der Waals surface area contributed by atoms with Gasteiger partial charge in [-0.05, 0) is 6.42 Å². The van der Waals surface area contributed by atoms with Gasteiger partial charge in [-0.3, -0.25) is 0 Å². The van der Waals surface area contributed by atoms with Crippen LogP contribution in [0.1, 0.15) is 6.42 Å². The maximum atomic E-state index is 9.02. The van der Waals surface area contributed by atoms with E-state index < -0.39 is 0 Å². The number of allylic oxidation sites excluding steroid dienone is 4. The number of nitrogens with zero attached hydrogens (tertiary/aromatic N) is 2. The molecular formula is C11H8Br2N2. The van der Waals surface area contributed by atoms with E-state index in [4.69, 9.17) is 10.5 Å². The normalized spacial score (nSPS) is 38.4. The smallest absolute Gasteiger partial charge is 0.0947 e. The molecule has 4 atom stereocenters. The molecule has 4 heteroatoms. The standard InChI is InChI=1S/C11H8Br2N2/c12-10-1-6(4-14)8-3-9(10)7(5-15)2-11(8)13/h1-2,8-11H,3H2/t8-,9-,10-,11-/m1/s1. The predicted octanol–water partition coefficient (Wildman–Crippen LogP) is 3.06. The fourth-order valence-electron chi connectivity index (χ4n) is 2.19. The average Bonchev–Trinajstić information content (AvgIpc) is 2.25. The highest BCUT2D eigenvalue weighted by molar-refractivity contribution is 9.10. The molecule has 76 valence electrons. The van der Waals surface area contributed by atoms with Crippen molar-refractivity contribution in [2.45, 2.75) is 16.1 Å². The first-order valence-electron chi connectivity index (χ1n) is 4.69. The summed E-state index contributed by atoms with van der Waals surface area (Å²) in [5.74, 6) is 0.455. The summed E-state index contributed by atoms with van der Waals surface area (Å²) in [6.07, 6.45) is 4.76. The van der Waals surface area contributed by atoms with E-state index in [0.29, 0.717) is 0 Å². The highest BCUT2D eigenvalue weighted by Gasteiger charge is 2.38. The lowest BCUT2D eigenvalue weighted by molar-refractivity contribution is 0.437. The van der Waals surface area contributed by atoms with Gasteiger partial charge in [-0.25, -0.2) is 0 Å². The van der Waals surface area contributed by atoms with E-state index in [2.05, 4.69) is 44.0 Å². The predicted molar refractivity (Wildman–Crippen MR) is 64.4 cm³/mol. The number of halogens is 2. The van der Waals surface area contributed by atoms with E-state index >= 15 is 0 Å². The highest BCUT2D eigenvalue weighted by Crippen LogP contribution is 2.44. The van der Waals surface area contributed by atoms with Crippen molar-refractivity contribution in [2.24, 2.45) is 11.8 Å². The van der Waals surface area contributed by atoms with Crippen molar-refractivity contribution in [3.05, 3.63) is 23.3 Å². The van der Waals surface area contributed by atoms with Crippen molar-refractivity contribution < 1.29 is 0 Å². The van der Waals surface area contributed by atoms with Gasteiger partial charge in [-0.2, -0.15) is 10.5 Å². The van der Waals surface area contributed by atoms with Crippen LogP contribution in [-0.2, 0) is 0 Å². The zero-order valence-electron chi connectivity index (χ0n) is 7.82. The fraction of sp³-hybridized carbons (Fsp3) is 0.455. The van der Waals surface area contributed by atoms with Gasteiger partial charge in [0.1, 0.15) is 0 Å². The Morgan fingerprint density at radius 3 is 1.73 bits per heavy atom. The molecule has 0 aromatic carbocycles. The summed E-state index contributed by atoms with van der Waals surface area (Å²) in [6.45, 7) is 0. The number of rotatable bonds is 0. The Kier molecular flexibility index (Phi) is 3.00. The summed E-state index contributed by atoms with van der Waals surface area (Å²) in [6, 6.07) is 4.48. The van der Waals surface area contributed by atoms with Crippen molar-refractivity contribution in [3.63, 3.8) is 0 Å². The quantitative estimate of drug-likeness (QED) is 0.642. The fourth-order valence-corrected chi connectivity index (χ4v) is 3.76. The molecule has 0 aromatic rings. The minimum atomic E-state index is 0.120. The third-order valence-corrected chi connectivity index (χ3v) is 4.82. The third-order valence-electron chi connectivity index (χ3n) is 3.01. The molecule has 0 aromatic heterocycles. The minimum absolute atomic E-state index is 0.120. The summed E-state index contributed by atoms with van der Waals surface area (Å²) in [7, 11) is 0. The van der Waals surface area contributed by atoms with Gasteiger partial charge >= 0.3 is 0 Å². The van der Waals surface area contributed by atoms with Gasteiger partial charge in [0.15, 0.2) is 0 Å². The molecular weight excluding hydrogens is 320 g/mol. The zero-order chi connectivity index (χ0) is 11.0. The van der Waals surface area contributed by atoms with Crippen molar-refractivity contribution in [3.8, 4) is 12.1 Å². The molecule has 0 amide bonds. The van der Waals surface area contributed by atoms with Crippen molar-refractivity contribution in [1.29, 1.82) is 10.5 Å². The zero-order valence-corrected chi connectivity index (χ0v) is 11.0. The summed E-state index contributed by atoms with van der Waals surface area (Å²) < 4.78 is 0. The first kappa shape index (κ1) is 10.9. The maximum Gasteiger partial charge on any atom is 0.0947 e. The van der Waals surface area contributed by atoms with Gasteiger partial charge in [0, 0.05) is 32.6 Å². The van der Waals surface area contributed by atoms with E-state index in [1.807, 2.05) is 12.2 Å². The Hall–Kier alpha value is -0.580. The first-order valence-corrected chi connectivity index (χ1v) is 6.52. The van der Waals surface area contributed by atoms with Gasteiger partial charge in [0.2, 0.25) is 0 Å². The Morgan fingerprint density at radius 2 is 1.40 bits per heavy atom. The second-order valence-electron chi connectivity index (χ2n) is 3.81. The summed E-state index contributed by atoms with van der Waals surface area (Å²) in [5.41, 5.74) is 1.64. The van der Waals surface area contributed by atoms with E-state index in [1.165, 1.54) is 0 Å². The molecule has 0 fully saturated rings. The van der Waals surface area contributed by atoms with E-state index in [1.54, 1.807) is 0 Å². The van der Waals surface area contributed by atoms with Crippen LogP contribution in [0.2, 0.25) is 0 Å². The molecule has 2 rings (SSSR count). The first-order chi connectivity index (χ1) is 7.17. The van der Waals surface area contributed by atoms with Gasteiger partial charge in [0.05, 0.1) is 12.1 Å². The molecule has 0 aliphatic heterocycles. The molecule has 0 saturated carbocycles. The van der Waals surface area contributed by atoms with Gasteiger partial charge in [-0.1, -0.05) is 44.0 Å². The molecule has 0 unspecified atom stereocenters. The average molecular weight is 328 g/mol. The molecule has 0 heterocycles. The number of hydrogen-bond donors (Lipinski definition) is 0. The SMILES string of the molecule is N#CC1=C[C@@H](Br)[C@@H]2C[C@H]1[C@H](Br)C=C2C#N. The van der Waals surface area contributed by atoms with Crippen molar-refractivity contribution in [1.82, 2.24) is 0 Å². The Balaban J connectivity index is 2.42. The van der Waals surface area contributed by atoms with Crippen LogP contribution in [0.25, 0.3) is 0 Å². The van der Waals surface area contributed by atoms with Crippen LogP contribution in [0.5, 0.6) is 0 Å². The largest absolute Gasteiger partial charge is 0.193 e. The monoisotopic (exact) mass is 326 g/mol. The van der Waals surface area contributed by atoms with Crippen LogP contribution in [0.4, 0.5) is 0 Å². The van der Waals surface area contributed by atoms with Crippen LogP contribution in [0.15, 0.2) is 23.3 Å². The molecule has 0 saturated heterocycles. The molecule has 0 radical (unpaired) electrons. The molecule has 0 spiro atoms. The number of fused-ring (bicyclic) bond motifs is 2. The summed E-state index contributed by atoms with van der Waals surface area (Å²) >= 11 is 7.05. The summed E-state index contributed by atoms with van der Waals surface area (Å²) in [5, 5.41) is 18.0. The maximum absolute atomic E-state index is 9.02. The molecule has 2 aliphatic carbocycles. The molecule has 15 heavy (non-hydrogen) atoms. The van der Waals surface area contributed by atoms with Crippen LogP contribution in [-0.4, -0.2) is 9.65 Å². The molecule has 0 N–H and O–H groups in total. The number of nitriles is 2. The molecule has 2 aliphatic rings. The lowest BCUT2D eigenvalue weighted by Crippen LogP contribution is -2.33. The highest BCUT2D eigenvalue weighted by atomic mass is 79.9. The van der Waals surface area contributed by atoms with E-state index in [-0.39, 0.29) is 21.5 Å². The minimum Gasteiger partial charge on any atom is -0.193 e. The van der Waals surface area contributed by atoms with Crippen LogP contribution >= 0.6 is 31.9 Å². The van der Waals surface area contributed by atoms with E-state index in [0.717, 1.165) is 17.6 Å². The van der Waals surface area contributed by atoms with Crippen molar-refractivity contribution in [2.75, 3.05) is 0 Å². The van der Waals surface area contributed by atoms with Gasteiger partial charge < -0.3 is 0 Å². The lowest BCUT2D eigenvalue weighted by atomic mass is 9.72. The Bertz CT molecular complexity index is 385.